The molecule has 0 saturated heterocycles. The van der Waals surface area contributed by atoms with Gasteiger partial charge in [0.25, 0.3) is 0 Å². The molecule has 0 bridgehead atoms. The van der Waals surface area contributed by atoms with Crippen LogP contribution >= 0.6 is 11.3 Å². The first-order valence-electron chi connectivity index (χ1n) is 6.50. The van der Waals surface area contributed by atoms with E-state index in [9.17, 15) is 0 Å². The van der Waals surface area contributed by atoms with Crippen LogP contribution in [0.3, 0.4) is 0 Å². The quantitative estimate of drug-likeness (QED) is 0.766. The summed E-state index contributed by atoms with van der Waals surface area (Å²) in [6.07, 6.45) is 7.64. The van der Waals surface area contributed by atoms with Gasteiger partial charge in [-0.1, -0.05) is 26.2 Å². The van der Waals surface area contributed by atoms with Crippen LogP contribution in [-0.4, -0.2) is 0 Å². The van der Waals surface area contributed by atoms with E-state index in [1.807, 2.05) is 11.3 Å². The van der Waals surface area contributed by atoms with Crippen LogP contribution in [0.4, 0.5) is 0 Å². The fraction of sp³-hybridized carbons (Fsp3) is 0.714. The van der Waals surface area contributed by atoms with Gasteiger partial charge < -0.3 is 5.73 Å². The number of rotatable bonds is 2. The van der Waals surface area contributed by atoms with Gasteiger partial charge in [0, 0.05) is 9.75 Å². The Hall–Kier alpha value is -0.340. The standard InChI is InChI=1S/C14H23NS/c1-3-12-5-4-9-14(15,10-8-12)13-7-6-11(2)16-13/h6-7,12H,3-5,8-10,15H2,1-2H3. The van der Waals surface area contributed by atoms with Crippen LogP contribution in [0.25, 0.3) is 0 Å². The summed E-state index contributed by atoms with van der Waals surface area (Å²) in [5.74, 6) is 0.909. The lowest BCUT2D eigenvalue weighted by Crippen LogP contribution is -2.35. The summed E-state index contributed by atoms with van der Waals surface area (Å²) >= 11 is 1.89. The van der Waals surface area contributed by atoms with Crippen LogP contribution in [0.15, 0.2) is 12.1 Å². The predicted octanol–water partition coefficient (Wildman–Crippen LogP) is 4.20. The molecule has 2 N–H and O–H groups in total. The molecular formula is C14H23NS. The van der Waals surface area contributed by atoms with E-state index in [0.717, 1.165) is 5.92 Å². The van der Waals surface area contributed by atoms with E-state index in [1.165, 1.54) is 48.3 Å². The Morgan fingerprint density at radius 2 is 2.19 bits per heavy atom. The molecule has 2 unspecified atom stereocenters. The van der Waals surface area contributed by atoms with Gasteiger partial charge in [-0.3, -0.25) is 0 Å². The minimum absolute atomic E-state index is 0.0250. The highest BCUT2D eigenvalue weighted by atomic mass is 32.1. The molecule has 1 aliphatic carbocycles. The molecular weight excluding hydrogens is 214 g/mol. The largest absolute Gasteiger partial charge is 0.321 e. The van der Waals surface area contributed by atoms with Crippen LogP contribution in [0, 0.1) is 12.8 Å². The lowest BCUT2D eigenvalue weighted by atomic mass is 9.89. The van der Waals surface area contributed by atoms with Gasteiger partial charge >= 0.3 is 0 Å². The second-order valence-corrected chi connectivity index (χ2v) is 6.56. The minimum Gasteiger partial charge on any atom is -0.321 e. The molecule has 16 heavy (non-hydrogen) atoms. The molecule has 1 aromatic heterocycles. The van der Waals surface area contributed by atoms with E-state index >= 15 is 0 Å². The molecule has 0 aliphatic heterocycles. The van der Waals surface area contributed by atoms with Crippen LogP contribution in [0.1, 0.15) is 55.2 Å². The van der Waals surface area contributed by atoms with E-state index in [0.29, 0.717) is 0 Å². The maximum absolute atomic E-state index is 6.62. The molecule has 2 heteroatoms. The summed E-state index contributed by atoms with van der Waals surface area (Å²) in [7, 11) is 0. The van der Waals surface area contributed by atoms with Crippen molar-refractivity contribution in [1.82, 2.24) is 0 Å². The first-order valence-corrected chi connectivity index (χ1v) is 7.31. The van der Waals surface area contributed by atoms with Crippen molar-refractivity contribution < 1.29 is 0 Å². The minimum atomic E-state index is -0.0250. The molecule has 2 atom stereocenters. The maximum atomic E-state index is 6.62. The SMILES string of the molecule is CCC1CCCC(N)(c2ccc(C)s2)CC1. The Kier molecular flexibility index (Phi) is 3.70. The number of nitrogens with two attached hydrogens (primary N) is 1. The molecule has 0 radical (unpaired) electrons. The van der Waals surface area contributed by atoms with Gasteiger partial charge in [0.2, 0.25) is 0 Å². The van der Waals surface area contributed by atoms with Gasteiger partial charge in [0.15, 0.2) is 0 Å². The fourth-order valence-corrected chi connectivity index (χ4v) is 3.82. The second kappa shape index (κ2) is 4.89. The molecule has 2 rings (SSSR count). The normalized spacial score (nSPS) is 31.3. The molecule has 0 spiro atoms. The van der Waals surface area contributed by atoms with Gasteiger partial charge in [-0.05, 0) is 44.2 Å². The molecule has 1 nitrogen and oxygen atoms in total. The van der Waals surface area contributed by atoms with Gasteiger partial charge in [-0.15, -0.1) is 11.3 Å². The van der Waals surface area contributed by atoms with Crippen molar-refractivity contribution >= 4 is 11.3 Å². The predicted molar refractivity (Wildman–Crippen MR) is 71.8 cm³/mol. The van der Waals surface area contributed by atoms with Gasteiger partial charge in [0.1, 0.15) is 0 Å². The average molecular weight is 237 g/mol. The van der Waals surface area contributed by atoms with Crippen molar-refractivity contribution in [2.24, 2.45) is 11.7 Å². The summed E-state index contributed by atoms with van der Waals surface area (Å²) in [6.45, 7) is 4.48. The Bertz CT molecular complexity index is 344. The summed E-state index contributed by atoms with van der Waals surface area (Å²) < 4.78 is 0. The molecule has 0 amide bonds. The third kappa shape index (κ3) is 2.49. The van der Waals surface area contributed by atoms with Crippen molar-refractivity contribution in [1.29, 1.82) is 0 Å². The molecule has 1 fully saturated rings. The average Bonchev–Trinajstić information content (AvgIpc) is 2.61. The van der Waals surface area contributed by atoms with Crippen LogP contribution in [0.5, 0.6) is 0 Å². The van der Waals surface area contributed by atoms with Gasteiger partial charge in [-0.25, -0.2) is 0 Å². The van der Waals surface area contributed by atoms with E-state index in [1.54, 1.807) is 0 Å². The summed E-state index contributed by atoms with van der Waals surface area (Å²) in [4.78, 5) is 2.79. The molecule has 0 aromatic carbocycles. The van der Waals surface area contributed by atoms with Crippen LogP contribution in [-0.2, 0) is 5.54 Å². The van der Waals surface area contributed by atoms with E-state index in [2.05, 4.69) is 26.0 Å². The highest BCUT2D eigenvalue weighted by Crippen LogP contribution is 2.39. The number of thiophene rings is 1. The maximum Gasteiger partial charge on any atom is 0.0503 e. The van der Waals surface area contributed by atoms with E-state index < -0.39 is 0 Å². The van der Waals surface area contributed by atoms with Crippen molar-refractivity contribution in [3.63, 3.8) is 0 Å². The topological polar surface area (TPSA) is 26.0 Å². The van der Waals surface area contributed by atoms with Crippen molar-refractivity contribution in [2.45, 2.75) is 57.9 Å². The monoisotopic (exact) mass is 237 g/mol. The lowest BCUT2D eigenvalue weighted by molar-refractivity contribution is 0.378. The third-order valence-electron chi connectivity index (χ3n) is 4.04. The molecule has 90 valence electrons. The molecule has 1 heterocycles. The summed E-state index contributed by atoms with van der Waals surface area (Å²) in [5.41, 5.74) is 6.60. The van der Waals surface area contributed by atoms with Crippen LogP contribution in [0.2, 0.25) is 0 Å². The lowest BCUT2D eigenvalue weighted by Gasteiger charge is -2.27. The zero-order chi connectivity index (χ0) is 11.6. The van der Waals surface area contributed by atoms with Crippen molar-refractivity contribution in [3.05, 3.63) is 21.9 Å². The van der Waals surface area contributed by atoms with Gasteiger partial charge in [-0.2, -0.15) is 0 Å². The summed E-state index contributed by atoms with van der Waals surface area (Å²) in [5, 5.41) is 0. The Morgan fingerprint density at radius 1 is 1.38 bits per heavy atom. The van der Waals surface area contributed by atoms with Crippen LogP contribution < -0.4 is 5.73 Å². The fourth-order valence-electron chi connectivity index (χ4n) is 2.79. The first-order chi connectivity index (χ1) is 7.64. The number of aryl methyl sites for hydroxylation is 1. The molecule has 1 aromatic rings. The Morgan fingerprint density at radius 3 is 2.81 bits per heavy atom. The number of hydrogen-bond acceptors (Lipinski definition) is 2. The smallest absolute Gasteiger partial charge is 0.0503 e. The highest BCUT2D eigenvalue weighted by molar-refractivity contribution is 7.12. The van der Waals surface area contributed by atoms with Crippen molar-refractivity contribution in [2.75, 3.05) is 0 Å². The highest BCUT2D eigenvalue weighted by Gasteiger charge is 2.31. The molecule has 1 saturated carbocycles. The summed E-state index contributed by atoms with van der Waals surface area (Å²) in [6, 6.07) is 4.45. The number of hydrogen-bond donors (Lipinski definition) is 1. The van der Waals surface area contributed by atoms with E-state index in [-0.39, 0.29) is 5.54 Å². The third-order valence-corrected chi connectivity index (χ3v) is 5.26. The Labute approximate surface area is 103 Å². The first kappa shape index (κ1) is 12.1. The second-order valence-electron chi connectivity index (χ2n) is 5.27. The van der Waals surface area contributed by atoms with Crippen molar-refractivity contribution in [3.8, 4) is 0 Å². The molecule has 1 aliphatic rings. The zero-order valence-corrected chi connectivity index (χ0v) is 11.3. The van der Waals surface area contributed by atoms with E-state index in [4.69, 9.17) is 5.73 Å². The zero-order valence-electron chi connectivity index (χ0n) is 10.5. The Balaban J connectivity index is 2.13. The van der Waals surface area contributed by atoms with Gasteiger partial charge in [0.05, 0.1) is 5.54 Å².